The van der Waals surface area contributed by atoms with E-state index in [2.05, 4.69) is 18.6 Å². The lowest BCUT2D eigenvalue weighted by atomic mass is 10.0. The van der Waals surface area contributed by atoms with Crippen LogP contribution in [0, 0.1) is 0 Å². The van der Waals surface area contributed by atoms with Crippen LogP contribution in [0.3, 0.4) is 0 Å². The SMILES string of the molecule is CCCCCCCCCCCCCCCCCl.N[NH3+]. The van der Waals surface area contributed by atoms with Gasteiger partial charge in [-0.3, -0.25) is 5.84 Å². The molecule has 0 unspecified atom stereocenters. The molecule has 2 nitrogen and oxygen atoms in total. The second-order valence-corrected chi connectivity index (χ2v) is 5.66. The lowest BCUT2D eigenvalue weighted by Gasteiger charge is -2.02. The molecule has 3 heteroatoms. The van der Waals surface area contributed by atoms with E-state index in [0.29, 0.717) is 0 Å². The third-order valence-electron chi connectivity index (χ3n) is 3.49. The Morgan fingerprint density at radius 1 is 0.579 bits per heavy atom. The molecule has 0 saturated carbocycles. The van der Waals surface area contributed by atoms with Crippen LogP contribution in [0.5, 0.6) is 0 Å². The maximum absolute atomic E-state index is 5.64. The zero-order chi connectivity index (χ0) is 14.6. The molecular formula is C16H38ClN2+. The van der Waals surface area contributed by atoms with Crippen LogP contribution in [0.2, 0.25) is 0 Å². The van der Waals surface area contributed by atoms with E-state index >= 15 is 0 Å². The Bertz CT molecular complexity index is 118. The number of quaternary nitrogens is 1. The van der Waals surface area contributed by atoms with Crippen molar-refractivity contribution in [3.05, 3.63) is 0 Å². The molecule has 0 bridgehead atoms. The molecule has 0 aliphatic rings. The standard InChI is InChI=1S/C16H33Cl.H4N2/c1-2-3-4-5-6-7-8-9-10-11-12-13-14-15-16-17;1-2/h2-16H2,1H3;1-2H2/p+1. The molecule has 0 aliphatic heterocycles. The van der Waals surface area contributed by atoms with E-state index < -0.39 is 0 Å². The van der Waals surface area contributed by atoms with Crippen LogP contribution in [0.25, 0.3) is 0 Å². The van der Waals surface area contributed by atoms with Gasteiger partial charge in [0.25, 0.3) is 0 Å². The number of unbranched alkanes of at least 4 members (excludes halogenated alkanes) is 13. The summed E-state index contributed by atoms with van der Waals surface area (Å²) in [7, 11) is 0. The Balaban J connectivity index is 0. The molecule has 0 spiro atoms. The molecule has 0 radical (unpaired) electrons. The molecule has 0 aromatic rings. The zero-order valence-electron chi connectivity index (χ0n) is 13.3. The second-order valence-electron chi connectivity index (χ2n) is 5.29. The highest BCUT2D eigenvalue weighted by atomic mass is 35.5. The second kappa shape index (κ2) is 23.3. The number of alkyl halides is 1. The summed E-state index contributed by atoms with van der Waals surface area (Å²) < 4.78 is 0. The van der Waals surface area contributed by atoms with Crippen LogP contribution in [0.1, 0.15) is 96.8 Å². The Labute approximate surface area is 126 Å². The largest absolute Gasteiger partial charge is 0.283 e. The zero-order valence-corrected chi connectivity index (χ0v) is 14.0. The highest BCUT2D eigenvalue weighted by Crippen LogP contribution is 2.12. The summed E-state index contributed by atoms with van der Waals surface area (Å²) in [5, 5.41) is 0. The quantitative estimate of drug-likeness (QED) is 0.205. The topological polar surface area (TPSA) is 53.7 Å². The maximum Gasteiger partial charge on any atom is 0.0223 e. The van der Waals surface area contributed by atoms with Crippen molar-refractivity contribution >= 4 is 11.6 Å². The summed E-state index contributed by atoms with van der Waals surface area (Å²) in [6, 6.07) is 0. The van der Waals surface area contributed by atoms with Crippen molar-refractivity contribution in [2.45, 2.75) is 96.8 Å². The summed E-state index contributed by atoms with van der Waals surface area (Å²) >= 11 is 5.64. The summed E-state index contributed by atoms with van der Waals surface area (Å²) in [6.07, 6.45) is 19.8. The number of hydrogen-bond acceptors (Lipinski definition) is 1. The molecule has 118 valence electrons. The van der Waals surface area contributed by atoms with Gasteiger partial charge in [0.2, 0.25) is 0 Å². The van der Waals surface area contributed by atoms with Gasteiger partial charge in [0, 0.05) is 5.88 Å². The molecule has 0 heterocycles. The van der Waals surface area contributed by atoms with Crippen molar-refractivity contribution in [3.8, 4) is 0 Å². The predicted octanol–water partition coefficient (Wildman–Crippen LogP) is 4.81. The lowest BCUT2D eigenvalue weighted by Crippen LogP contribution is -2.59. The van der Waals surface area contributed by atoms with Crippen LogP contribution < -0.4 is 11.7 Å². The minimum atomic E-state index is 0.845. The van der Waals surface area contributed by atoms with Crippen molar-refractivity contribution < 1.29 is 5.84 Å². The Morgan fingerprint density at radius 2 is 0.842 bits per heavy atom. The minimum Gasteiger partial charge on any atom is -0.283 e. The molecule has 0 aliphatic carbocycles. The fourth-order valence-electron chi connectivity index (χ4n) is 2.29. The van der Waals surface area contributed by atoms with Crippen molar-refractivity contribution in [2.75, 3.05) is 5.88 Å². The van der Waals surface area contributed by atoms with Crippen LogP contribution in [-0.2, 0) is 0 Å². The van der Waals surface area contributed by atoms with Crippen molar-refractivity contribution in [1.82, 2.24) is 0 Å². The van der Waals surface area contributed by atoms with Crippen LogP contribution in [0.4, 0.5) is 0 Å². The van der Waals surface area contributed by atoms with Gasteiger partial charge in [0.05, 0.1) is 0 Å². The van der Waals surface area contributed by atoms with Crippen LogP contribution in [-0.4, -0.2) is 5.88 Å². The van der Waals surface area contributed by atoms with Gasteiger partial charge in [-0.05, 0) is 6.42 Å². The van der Waals surface area contributed by atoms with Gasteiger partial charge in [0.1, 0.15) is 0 Å². The average molecular weight is 294 g/mol. The van der Waals surface area contributed by atoms with Crippen LogP contribution in [0.15, 0.2) is 0 Å². The van der Waals surface area contributed by atoms with E-state index in [-0.39, 0.29) is 0 Å². The number of hydrogen-bond donors (Lipinski definition) is 2. The third-order valence-corrected chi connectivity index (χ3v) is 3.75. The van der Waals surface area contributed by atoms with Gasteiger partial charge in [-0.1, -0.05) is 90.4 Å². The molecule has 0 aromatic heterocycles. The average Bonchev–Trinajstić information content (AvgIpc) is 2.46. The summed E-state index contributed by atoms with van der Waals surface area (Å²) in [5.41, 5.74) is 0. The molecule has 0 atom stereocenters. The highest BCUT2D eigenvalue weighted by Gasteiger charge is 1.93. The fourth-order valence-corrected chi connectivity index (χ4v) is 2.48. The summed E-state index contributed by atoms with van der Waals surface area (Å²) in [5.74, 6) is 7.85. The molecule has 0 saturated heterocycles. The first-order chi connectivity index (χ1) is 9.41. The van der Waals surface area contributed by atoms with E-state index in [9.17, 15) is 0 Å². The number of halogens is 1. The van der Waals surface area contributed by atoms with Gasteiger partial charge >= 0.3 is 0 Å². The van der Waals surface area contributed by atoms with Gasteiger partial charge in [0.15, 0.2) is 0 Å². The maximum atomic E-state index is 5.64. The van der Waals surface area contributed by atoms with Gasteiger partial charge in [-0.2, -0.15) is 5.84 Å². The minimum absolute atomic E-state index is 0.845. The van der Waals surface area contributed by atoms with Gasteiger partial charge in [-0.25, -0.2) is 0 Å². The summed E-state index contributed by atoms with van der Waals surface area (Å²) in [4.78, 5) is 0. The summed E-state index contributed by atoms with van der Waals surface area (Å²) in [6.45, 7) is 2.28. The van der Waals surface area contributed by atoms with Gasteiger partial charge < -0.3 is 0 Å². The van der Waals surface area contributed by atoms with Crippen molar-refractivity contribution in [2.24, 2.45) is 5.84 Å². The Morgan fingerprint density at radius 3 is 1.11 bits per heavy atom. The normalized spacial score (nSPS) is 10.1. The predicted molar refractivity (Wildman–Crippen MR) is 88.1 cm³/mol. The van der Waals surface area contributed by atoms with E-state index in [1.807, 2.05) is 0 Å². The molecule has 0 fully saturated rings. The molecular weight excluding hydrogens is 256 g/mol. The number of nitrogens with two attached hydrogens (primary N) is 1. The Hall–Kier alpha value is 0.210. The van der Waals surface area contributed by atoms with E-state index in [0.717, 1.165) is 5.88 Å². The number of rotatable bonds is 14. The van der Waals surface area contributed by atoms with Gasteiger partial charge in [-0.15, -0.1) is 11.6 Å². The van der Waals surface area contributed by atoms with Crippen molar-refractivity contribution in [1.29, 1.82) is 0 Å². The van der Waals surface area contributed by atoms with E-state index in [1.165, 1.54) is 89.9 Å². The molecule has 0 rings (SSSR count). The first-order valence-corrected chi connectivity index (χ1v) is 8.92. The highest BCUT2D eigenvalue weighted by molar-refractivity contribution is 6.17. The molecule has 0 aromatic carbocycles. The fraction of sp³-hybridized carbons (Fsp3) is 1.00. The lowest BCUT2D eigenvalue weighted by molar-refractivity contribution is -0.379. The van der Waals surface area contributed by atoms with Crippen molar-refractivity contribution in [3.63, 3.8) is 0 Å². The monoisotopic (exact) mass is 293 g/mol. The van der Waals surface area contributed by atoms with Crippen LogP contribution >= 0.6 is 11.6 Å². The third kappa shape index (κ3) is 23.7. The Kier molecular flexibility index (Phi) is 26.4. The molecule has 5 N–H and O–H groups in total. The molecule has 0 amide bonds. The first kappa shape index (κ1) is 21.5. The molecule has 19 heavy (non-hydrogen) atoms. The smallest absolute Gasteiger partial charge is 0.0223 e. The van der Waals surface area contributed by atoms with E-state index in [1.54, 1.807) is 0 Å². The first-order valence-electron chi connectivity index (χ1n) is 8.38. The van der Waals surface area contributed by atoms with E-state index in [4.69, 9.17) is 11.6 Å².